The van der Waals surface area contributed by atoms with Gasteiger partial charge in [0.15, 0.2) is 0 Å². The largest absolute Gasteiger partial charge is 0.495 e. The van der Waals surface area contributed by atoms with Gasteiger partial charge in [0.05, 0.1) is 12.7 Å². The molecule has 0 saturated carbocycles. The van der Waals surface area contributed by atoms with Gasteiger partial charge in [0.2, 0.25) is 0 Å². The molecule has 0 aliphatic heterocycles. The predicted octanol–water partition coefficient (Wildman–Crippen LogP) is 1.16. The lowest BCUT2D eigenvalue weighted by molar-refractivity contribution is 0.0768. The molecule has 0 spiro atoms. The van der Waals surface area contributed by atoms with Gasteiger partial charge in [-0.3, -0.25) is 4.79 Å². The zero-order valence-corrected chi connectivity index (χ0v) is 11.6. The molecule has 18 heavy (non-hydrogen) atoms. The van der Waals surface area contributed by atoms with E-state index < -0.39 is 11.0 Å². The SMILES string of the molecule is CCN(CC)C(=O)c1cccc(OC)c1S(N)=O. The second-order valence-electron chi connectivity index (χ2n) is 3.61. The lowest BCUT2D eigenvalue weighted by Gasteiger charge is -2.20. The average molecular weight is 270 g/mol. The van der Waals surface area contributed by atoms with Gasteiger partial charge in [0, 0.05) is 13.1 Å². The molecule has 0 heterocycles. The maximum Gasteiger partial charge on any atom is 0.255 e. The standard InChI is InChI=1S/C12H18N2O3S/c1-4-14(5-2)12(15)9-7-6-8-10(17-3)11(9)18(13)16/h6-8H,4-5,13H2,1-3H3. The molecule has 1 atom stereocenters. The number of benzene rings is 1. The van der Waals surface area contributed by atoms with Crippen molar-refractivity contribution in [1.29, 1.82) is 0 Å². The van der Waals surface area contributed by atoms with Gasteiger partial charge < -0.3 is 9.64 Å². The van der Waals surface area contributed by atoms with Crippen LogP contribution in [0.2, 0.25) is 0 Å². The summed E-state index contributed by atoms with van der Waals surface area (Å²) in [6.07, 6.45) is 0. The number of nitrogens with zero attached hydrogens (tertiary/aromatic N) is 1. The molecule has 1 unspecified atom stereocenters. The van der Waals surface area contributed by atoms with Crippen LogP contribution in [0.4, 0.5) is 0 Å². The van der Waals surface area contributed by atoms with E-state index in [1.54, 1.807) is 23.1 Å². The Labute approximate surface area is 110 Å². The number of hydrogen-bond donors (Lipinski definition) is 1. The first-order valence-electron chi connectivity index (χ1n) is 5.69. The molecule has 1 aromatic carbocycles. The van der Waals surface area contributed by atoms with Crippen LogP contribution in [0.3, 0.4) is 0 Å². The van der Waals surface area contributed by atoms with Crippen molar-refractivity contribution in [2.24, 2.45) is 5.14 Å². The third-order valence-corrected chi connectivity index (χ3v) is 3.50. The highest BCUT2D eigenvalue weighted by atomic mass is 32.2. The van der Waals surface area contributed by atoms with Crippen LogP contribution in [0.25, 0.3) is 0 Å². The Balaban J connectivity index is 3.31. The van der Waals surface area contributed by atoms with Crippen LogP contribution >= 0.6 is 0 Å². The number of carbonyl (C=O) groups is 1. The number of rotatable bonds is 5. The van der Waals surface area contributed by atoms with Crippen molar-refractivity contribution in [3.05, 3.63) is 23.8 Å². The summed E-state index contributed by atoms with van der Waals surface area (Å²) in [6.45, 7) is 4.95. The summed E-state index contributed by atoms with van der Waals surface area (Å²) >= 11 is 0. The topological polar surface area (TPSA) is 72.6 Å². The molecule has 0 aliphatic rings. The second-order valence-corrected chi connectivity index (χ2v) is 4.61. The van der Waals surface area contributed by atoms with Gasteiger partial charge in [-0.05, 0) is 26.0 Å². The molecule has 0 radical (unpaired) electrons. The second kappa shape index (κ2) is 6.51. The minimum Gasteiger partial charge on any atom is -0.495 e. The minimum atomic E-state index is -1.77. The molecule has 0 bridgehead atoms. The molecule has 1 aromatic rings. The molecule has 0 saturated heterocycles. The van der Waals surface area contributed by atoms with Crippen molar-refractivity contribution in [1.82, 2.24) is 4.90 Å². The normalized spacial score (nSPS) is 12.0. The van der Waals surface area contributed by atoms with Crippen molar-refractivity contribution in [3.63, 3.8) is 0 Å². The fourth-order valence-electron chi connectivity index (χ4n) is 1.73. The van der Waals surface area contributed by atoms with E-state index in [1.807, 2.05) is 13.8 Å². The molecule has 0 fully saturated rings. The number of nitrogens with two attached hydrogens (primary N) is 1. The molecule has 0 aromatic heterocycles. The predicted molar refractivity (Wildman–Crippen MR) is 70.8 cm³/mol. The molecular formula is C12H18N2O3S. The van der Waals surface area contributed by atoms with Crippen molar-refractivity contribution >= 4 is 16.9 Å². The van der Waals surface area contributed by atoms with E-state index in [0.717, 1.165) is 0 Å². The summed E-state index contributed by atoms with van der Waals surface area (Å²) in [5.74, 6) is 0.182. The van der Waals surface area contributed by atoms with Gasteiger partial charge in [-0.1, -0.05) is 6.07 Å². The lowest BCUT2D eigenvalue weighted by Crippen LogP contribution is -2.31. The molecule has 6 heteroatoms. The Kier molecular flexibility index (Phi) is 5.30. The van der Waals surface area contributed by atoms with Crippen LogP contribution in [-0.2, 0) is 11.0 Å². The van der Waals surface area contributed by atoms with Gasteiger partial charge in [0.1, 0.15) is 21.6 Å². The number of ether oxygens (including phenoxy) is 1. The van der Waals surface area contributed by atoms with Crippen LogP contribution in [0, 0.1) is 0 Å². The highest BCUT2D eigenvalue weighted by Crippen LogP contribution is 2.25. The Morgan fingerprint density at radius 3 is 2.44 bits per heavy atom. The fraction of sp³-hybridized carbons (Fsp3) is 0.417. The fourth-order valence-corrected chi connectivity index (χ4v) is 2.46. The first kappa shape index (κ1) is 14.7. The van der Waals surface area contributed by atoms with Gasteiger partial charge in [0.25, 0.3) is 5.91 Å². The third-order valence-electron chi connectivity index (χ3n) is 2.68. The number of methoxy groups -OCH3 is 1. The van der Waals surface area contributed by atoms with E-state index in [1.165, 1.54) is 7.11 Å². The highest BCUT2D eigenvalue weighted by molar-refractivity contribution is 7.82. The molecular weight excluding hydrogens is 252 g/mol. The maximum atomic E-state index is 12.3. The van der Waals surface area contributed by atoms with E-state index in [9.17, 15) is 9.00 Å². The van der Waals surface area contributed by atoms with Gasteiger partial charge >= 0.3 is 0 Å². The summed E-state index contributed by atoms with van der Waals surface area (Å²) in [6, 6.07) is 4.94. The summed E-state index contributed by atoms with van der Waals surface area (Å²) < 4.78 is 16.7. The number of hydrogen-bond acceptors (Lipinski definition) is 3. The van der Waals surface area contributed by atoms with Crippen LogP contribution in [0.15, 0.2) is 23.1 Å². The monoisotopic (exact) mass is 270 g/mol. The summed E-state index contributed by atoms with van der Waals surface area (Å²) in [7, 11) is -0.310. The Morgan fingerprint density at radius 1 is 1.39 bits per heavy atom. The van der Waals surface area contributed by atoms with Crippen LogP contribution in [-0.4, -0.2) is 35.2 Å². The average Bonchev–Trinajstić information content (AvgIpc) is 2.38. The molecule has 100 valence electrons. The maximum absolute atomic E-state index is 12.3. The van der Waals surface area contributed by atoms with E-state index in [-0.39, 0.29) is 10.8 Å². The lowest BCUT2D eigenvalue weighted by atomic mass is 10.2. The summed E-state index contributed by atoms with van der Waals surface area (Å²) in [5, 5.41) is 5.43. The Morgan fingerprint density at radius 2 is 2.00 bits per heavy atom. The number of carbonyl (C=O) groups excluding carboxylic acids is 1. The van der Waals surface area contributed by atoms with E-state index >= 15 is 0 Å². The van der Waals surface area contributed by atoms with Crippen LogP contribution < -0.4 is 9.88 Å². The Bertz CT molecular complexity index is 459. The first-order valence-corrected chi connectivity index (χ1v) is 6.90. The van der Waals surface area contributed by atoms with Crippen molar-refractivity contribution < 1.29 is 13.7 Å². The van der Waals surface area contributed by atoms with E-state index in [4.69, 9.17) is 9.88 Å². The zero-order valence-electron chi connectivity index (χ0n) is 10.8. The van der Waals surface area contributed by atoms with Crippen molar-refractivity contribution in [2.75, 3.05) is 20.2 Å². The molecule has 2 N–H and O–H groups in total. The van der Waals surface area contributed by atoms with Gasteiger partial charge in [-0.2, -0.15) is 0 Å². The summed E-state index contributed by atoms with van der Waals surface area (Å²) in [4.78, 5) is 14.2. The van der Waals surface area contributed by atoms with Crippen molar-refractivity contribution in [2.45, 2.75) is 18.7 Å². The Hall–Kier alpha value is -1.40. The molecule has 1 amide bonds. The molecule has 5 nitrogen and oxygen atoms in total. The zero-order chi connectivity index (χ0) is 13.7. The van der Waals surface area contributed by atoms with E-state index in [2.05, 4.69) is 0 Å². The number of amides is 1. The summed E-state index contributed by atoms with van der Waals surface area (Å²) in [5.41, 5.74) is 0.332. The van der Waals surface area contributed by atoms with Crippen molar-refractivity contribution in [3.8, 4) is 5.75 Å². The molecule has 1 rings (SSSR count). The van der Waals surface area contributed by atoms with E-state index in [0.29, 0.717) is 24.4 Å². The third kappa shape index (κ3) is 2.88. The van der Waals surface area contributed by atoms with Gasteiger partial charge in [-0.25, -0.2) is 9.35 Å². The van der Waals surface area contributed by atoms with Crippen LogP contribution in [0.5, 0.6) is 5.75 Å². The minimum absolute atomic E-state index is 0.187. The molecule has 0 aliphatic carbocycles. The smallest absolute Gasteiger partial charge is 0.255 e. The van der Waals surface area contributed by atoms with Gasteiger partial charge in [-0.15, -0.1) is 0 Å². The quantitative estimate of drug-likeness (QED) is 0.872. The van der Waals surface area contributed by atoms with Crippen LogP contribution in [0.1, 0.15) is 24.2 Å². The first-order chi connectivity index (χ1) is 8.56. The highest BCUT2D eigenvalue weighted by Gasteiger charge is 2.21.